The fraction of sp³-hybridized carbons (Fsp3) is 0.200. The molecule has 1 aromatic rings. The van der Waals surface area contributed by atoms with Gasteiger partial charge in [0, 0.05) is 17.7 Å². The molecule has 0 spiro atoms. The number of non-ortho nitro benzene ring substituents is 1. The second-order valence-electron chi connectivity index (χ2n) is 3.37. The summed E-state index contributed by atoms with van der Waals surface area (Å²) in [5.74, 6) is -1.89. The van der Waals surface area contributed by atoms with Gasteiger partial charge in [0.1, 0.15) is 0 Å². The number of rotatable bonds is 5. The fourth-order valence-corrected chi connectivity index (χ4v) is 1.23. The second kappa shape index (κ2) is 5.73. The number of nitrogens with one attached hydrogen (secondary N) is 1. The molecule has 0 aliphatic carbocycles. The molecule has 2 N–H and O–H groups in total. The van der Waals surface area contributed by atoms with Gasteiger partial charge in [-0.3, -0.25) is 19.7 Å². The average molecular weight is 254 g/mol. The van der Waals surface area contributed by atoms with E-state index in [1.165, 1.54) is 25.1 Å². The predicted octanol–water partition coefficient (Wildman–Crippen LogP) is 0.649. The quantitative estimate of drug-likeness (QED) is 0.588. The summed E-state index contributed by atoms with van der Waals surface area (Å²) >= 11 is 0. The average Bonchev–Trinajstić information content (AvgIpc) is 2.27. The number of carbonyl (C=O) groups is 2. The van der Waals surface area contributed by atoms with Crippen molar-refractivity contribution in [2.45, 2.75) is 6.92 Å². The molecular weight excluding hydrogens is 244 g/mol. The Morgan fingerprint density at radius 3 is 2.67 bits per heavy atom. The van der Waals surface area contributed by atoms with Crippen LogP contribution in [0.5, 0.6) is 0 Å². The van der Waals surface area contributed by atoms with Crippen LogP contribution in [0.3, 0.4) is 0 Å². The van der Waals surface area contributed by atoms with Crippen molar-refractivity contribution in [1.29, 1.82) is 0 Å². The highest BCUT2D eigenvalue weighted by atomic mass is 16.7. The maximum absolute atomic E-state index is 11.5. The van der Waals surface area contributed by atoms with E-state index in [0.29, 0.717) is 5.56 Å². The number of carboxylic acids is 1. The molecule has 0 radical (unpaired) electrons. The molecule has 8 nitrogen and oxygen atoms in total. The highest BCUT2D eigenvalue weighted by Crippen LogP contribution is 2.16. The summed E-state index contributed by atoms with van der Waals surface area (Å²) in [5, 5.41) is 18.8. The summed E-state index contributed by atoms with van der Waals surface area (Å²) in [6, 6.07) is 3.69. The Morgan fingerprint density at radius 2 is 2.17 bits per heavy atom. The third-order valence-electron chi connectivity index (χ3n) is 2.03. The number of aliphatic carboxylic acids is 1. The van der Waals surface area contributed by atoms with Gasteiger partial charge in [-0.25, -0.2) is 10.3 Å². The van der Waals surface area contributed by atoms with Crippen molar-refractivity contribution in [3.63, 3.8) is 0 Å². The summed E-state index contributed by atoms with van der Waals surface area (Å²) in [6.07, 6.45) is 0. The molecule has 0 atom stereocenters. The Balaban J connectivity index is 2.74. The minimum atomic E-state index is -1.23. The van der Waals surface area contributed by atoms with Crippen LogP contribution in [0.25, 0.3) is 0 Å². The molecule has 96 valence electrons. The van der Waals surface area contributed by atoms with Crippen molar-refractivity contribution in [1.82, 2.24) is 5.48 Å². The Hall–Kier alpha value is -2.48. The van der Waals surface area contributed by atoms with E-state index >= 15 is 0 Å². The summed E-state index contributed by atoms with van der Waals surface area (Å²) in [7, 11) is 0. The molecule has 0 aliphatic rings. The molecule has 0 fully saturated rings. The molecule has 0 unspecified atom stereocenters. The Labute approximate surface area is 101 Å². The number of nitro groups is 1. The highest BCUT2D eigenvalue weighted by molar-refractivity contribution is 5.95. The molecule has 18 heavy (non-hydrogen) atoms. The van der Waals surface area contributed by atoms with Gasteiger partial charge in [-0.2, -0.15) is 0 Å². The van der Waals surface area contributed by atoms with E-state index in [4.69, 9.17) is 5.11 Å². The second-order valence-corrected chi connectivity index (χ2v) is 3.37. The molecule has 0 heterocycles. The maximum Gasteiger partial charge on any atom is 0.332 e. The molecule has 1 amide bonds. The number of benzene rings is 1. The van der Waals surface area contributed by atoms with Crippen LogP contribution >= 0.6 is 0 Å². The molecule has 8 heteroatoms. The largest absolute Gasteiger partial charge is 0.479 e. The van der Waals surface area contributed by atoms with E-state index in [9.17, 15) is 19.7 Å². The van der Waals surface area contributed by atoms with Gasteiger partial charge in [-0.1, -0.05) is 0 Å². The Morgan fingerprint density at radius 1 is 1.50 bits per heavy atom. The minimum Gasteiger partial charge on any atom is -0.479 e. The van der Waals surface area contributed by atoms with Gasteiger partial charge in [-0.15, -0.1) is 0 Å². The Bertz CT molecular complexity index is 499. The van der Waals surface area contributed by atoms with Crippen molar-refractivity contribution in [3.8, 4) is 0 Å². The number of hydrogen-bond donors (Lipinski definition) is 2. The molecule has 0 aliphatic heterocycles. The van der Waals surface area contributed by atoms with Crippen LogP contribution in [0, 0.1) is 17.0 Å². The van der Waals surface area contributed by atoms with Crippen LogP contribution < -0.4 is 5.48 Å². The zero-order valence-corrected chi connectivity index (χ0v) is 9.37. The van der Waals surface area contributed by atoms with Crippen molar-refractivity contribution < 1.29 is 24.5 Å². The van der Waals surface area contributed by atoms with E-state index in [1.807, 2.05) is 5.48 Å². The van der Waals surface area contributed by atoms with Crippen LogP contribution in [0.1, 0.15) is 15.9 Å². The van der Waals surface area contributed by atoms with E-state index < -0.39 is 23.4 Å². The van der Waals surface area contributed by atoms with Gasteiger partial charge < -0.3 is 5.11 Å². The van der Waals surface area contributed by atoms with Crippen LogP contribution in [-0.4, -0.2) is 28.5 Å². The van der Waals surface area contributed by atoms with Crippen LogP contribution in [0.2, 0.25) is 0 Å². The number of hydrogen-bond acceptors (Lipinski definition) is 5. The minimum absolute atomic E-state index is 0.129. The van der Waals surface area contributed by atoms with E-state index in [-0.39, 0.29) is 11.3 Å². The first kappa shape index (κ1) is 13.6. The zero-order chi connectivity index (χ0) is 13.7. The van der Waals surface area contributed by atoms with Gasteiger partial charge in [-0.05, 0) is 18.6 Å². The van der Waals surface area contributed by atoms with Gasteiger partial charge in [0.15, 0.2) is 6.61 Å². The first-order valence-corrected chi connectivity index (χ1v) is 4.80. The van der Waals surface area contributed by atoms with Gasteiger partial charge in [0.05, 0.1) is 4.92 Å². The molecular formula is C10H10N2O6. The number of carbonyl (C=O) groups excluding carboxylic acids is 1. The lowest BCUT2D eigenvalue weighted by Gasteiger charge is -2.06. The first-order valence-electron chi connectivity index (χ1n) is 4.80. The van der Waals surface area contributed by atoms with Gasteiger partial charge in [0.25, 0.3) is 11.6 Å². The monoisotopic (exact) mass is 254 g/mol. The third-order valence-corrected chi connectivity index (χ3v) is 2.03. The molecule has 1 aromatic carbocycles. The number of amides is 1. The third kappa shape index (κ3) is 3.52. The number of hydroxylamine groups is 1. The van der Waals surface area contributed by atoms with E-state index in [1.54, 1.807) is 0 Å². The lowest BCUT2D eigenvalue weighted by molar-refractivity contribution is -0.384. The topological polar surface area (TPSA) is 119 Å². The molecule has 0 aromatic heterocycles. The maximum atomic E-state index is 11.5. The van der Waals surface area contributed by atoms with Crippen molar-refractivity contribution in [2.75, 3.05) is 6.61 Å². The number of nitrogens with zero attached hydrogens (tertiary/aromatic N) is 1. The molecule has 1 rings (SSSR count). The van der Waals surface area contributed by atoms with Crippen LogP contribution in [0.15, 0.2) is 18.2 Å². The molecule has 0 bridgehead atoms. The van der Waals surface area contributed by atoms with Crippen molar-refractivity contribution in [3.05, 3.63) is 39.4 Å². The van der Waals surface area contributed by atoms with Crippen molar-refractivity contribution in [2.24, 2.45) is 0 Å². The van der Waals surface area contributed by atoms with Gasteiger partial charge in [0.2, 0.25) is 0 Å². The molecule has 0 saturated heterocycles. The predicted molar refractivity (Wildman–Crippen MR) is 58.9 cm³/mol. The number of nitro benzene ring substituents is 1. The highest BCUT2D eigenvalue weighted by Gasteiger charge is 2.13. The summed E-state index contributed by atoms with van der Waals surface area (Å²) in [4.78, 5) is 36.0. The van der Waals surface area contributed by atoms with Gasteiger partial charge >= 0.3 is 5.97 Å². The Kier molecular flexibility index (Phi) is 4.33. The summed E-state index contributed by atoms with van der Waals surface area (Å²) in [5.41, 5.74) is 2.36. The standard InChI is InChI=1S/C10H10N2O6/c1-6-4-7(12(16)17)2-3-8(6)10(15)11-18-5-9(13)14/h2-4H,5H2,1H3,(H,11,15)(H,13,14). The lowest BCUT2D eigenvalue weighted by atomic mass is 10.1. The SMILES string of the molecule is Cc1cc([N+](=O)[O-])ccc1C(=O)NOCC(=O)O. The fourth-order valence-electron chi connectivity index (χ4n) is 1.23. The normalized spacial score (nSPS) is 9.83. The lowest BCUT2D eigenvalue weighted by Crippen LogP contribution is -2.27. The van der Waals surface area contributed by atoms with Crippen LogP contribution in [0.4, 0.5) is 5.69 Å². The summed E-state index contributed by atoms with van der Waals surface area (Å²) in [6.45, 7) is 0.858. The number of aryl methyl sites for hydroxylation is 1. The summed E-state index contributed by atoms with van der Waals surface area (Å²) < 4.78 is 0. The van der Waals surface area contributed by atoms with Crippen LogP contribution in [-0.2, 0) is 9.63 Å². The smallest absolute Gasteiger partial charge is 0.332 e. The number of carboxylic acid groups (broad SMARTS) is 1. The first-order chi connectivity index (χ1) is 8.41. The van der Waals surface area contributed by atoms with Crippen molar-refractivity contribution >= 4 is 17.6 Å². The zero-order valence-electron chi connectivity index (χ0n) is 9.37. The van der Waals surface area contributed by atoms with E-state index in [0.717, 1.165) is 0 Å². The molecule has 0 saturated carbocycles. The van der Waals surface area contributed by atoms with E-state index in [2.05, 4.69) is 4.84 Å².